The molecule has 2 atom stereocenters. The van der Waals surface area contributed by atoms with Gasteiger partial charge in [0.1, 0.15) is 5.82 Å². The number of carbonyl (C=O) groups excluding carboxylic acids is 1. The number of pyridine rings is 1. The smallest absolute Gasteiger partial charge is 0.253 e. The van der Waals surface area contributed by atoms with Crippen LogP contribution >= 0.6 is 23.4 Å². The highest BCUT2D eigenvalue weighted by molar-refractivity contribution is 7.99. The molecule has 1 amide bonds. The molecule has 0 aromatic carbocycles. The first-order valence-electron chi connectivity index (χ1n) is 6.87. The molecule has 1 aliphatic rings. The Morgan fingerprint density at radius 1 is 1.55 bits per heavy atom. The second-order valence-electron chi connectivity index (χ2n) is 4.92. The van der Waals surface area contributed by atoms with Crippen molar-refractivity contribution in [2.75, 3.05) is 18.1 Å². The van der Waals surface area contributed by atoms with Gasteiger partial charge >= 0.3 is 0 Å². The van der Waals surface area contributed by atoms with Crippen LogP contribution in [0.5, 0.6) is 0 Å². The fourth-order valence-corrected chi connectivity index (χ4v) is 3.42. The number of amides is 1. The lowest BCUT2D eigenvalue weighted by molar-refractivity contribution is 0.0938. The van der Waals surface area contributed by atoms with E-state index in [1.54, 1.807) is 6.07 Å². The Kier molecular flexibility index (Phi) is 5.54. The van der Waals surface area contributed by atoms with Crippen LogP contribution in [0.25, 0.3) is 0 Å². The van der Waals surface area contributed by atoms with Gasteiger partial charge in [-0.3, -0.25) is 4.79 Å². The van der Waals surface area contributed by atoms with Gasteiger partial charge in [-0.05, 0) is 38.5 Å². The SMILES string of the molecule is CCNc1cc(C(=O)NC2CCC(SC)C2)c(Cl)cn1. The van der Waals surface area contributed by atoms with Crippen LogP contribution in [-0.2, 0) is 0 Å². The van der Waals surface area contributed by atoms with Crippen LogP contribution in [0.15, 0.2) is 12.3 Å². The Morgan fingerprint density at radius 3 is 3.00 bits per heavy atom. The molecule has 0 bridgehead atoms. The summed E-state index contributed by atoms with van der Waals surface area (Å²) in [7, 11) is 0. The minimum Gasteiger partial charge on any atom is -0.370 e. The number of thioether (sulfide) groups is 1. The van der Waals surface area contributed by atoms with Crippen LogP contribution in [0.3, 0.4) is 0 Å². The first kappa shape index (κ1) is 15.4. The highest BCUT2D eigenvalue weighted by atomic mass is 35.5. The summed E-state index contributed by atoms with van der Waals surface area (Å²) >= 11 is 7.95. The molecule has 1 heterocycles. The van der Waals surface area contributed by atoms with E-state index in [0.29, 0.717) is 21.7 Å². The van der Waals surface area contributed by atoms with Gasteiger partial charge < -0.3 is 10.6 Å². The Balaban J connectivity index is 2.03. The molecule has 6 heteroatoms. The number of halogens is 1. The predicted octanol–water partition coefficient (Wildman–Crippen LogP) is 3.18. The van der Waals surface area contributed by atoms with Crippen molar-refractivity contribution in [3.63, 3.8) is 0 Å². The summed E-state index contributed by atoms with van der Waals surface area (Å²) in [5.41, 5.74) is 0.491. The van der Waals surface area contributed by atoms with Crippen molar-refractivity contribution < 1.29 is 4.79 Å². The summed E-state index contributed by atoms with van der Waals surface area (Å²) in [6.45, 7) is 2.74. The fourth-order valence-electron chi connectivity index (χ4n) is 2.44. The average Bonchev–Trinajstić information content (AvgIpc) is 2.88. The molecule has 2 rings (SSSR count). The van der Waals surface area contributed by atoms with Crippen LogP contribution in [-0.4, -0.2) is 35.0 Å². The summed E-state index contributed by atoms with van der Waals surface area (Å²) in [5.74, 6) is 0.568. The lowest BCUT2D eigenvalue weighted by Gasteiger charge is -2.14. The van der Waals surface area contributed by atoms with Gasteiger partial charge in [-0.15, -0.1) is 0 Å². The average molecular weight is 314 g/mol. The molecule has 0 saturated heterocycles. The topological polar surface area (TPSA) is 54.0 Å². The number of nitrogens with one attached hydrogen (secondary N) is 2. The Hall–Kier alpha value is -0.940. The highest BCUT2D eigenvalue weighted by Crippen LogP contribution is 2.28. The van der Waals surface area contributed by atoms with E-state index in [-0.39, 0.29) is 11.9 Å². The van der Waals surface area contributed by atoms with Crippen LogP contribution in [0.2, 0.25) is 5.02 Å². The van der Waals surface area contributed by atoms with Crippen LogP contribution < -0.4 is 10.6 Å². The summed E-state index contributed by atoms with van der Waals surface area (Å²) in [6.07, 6.45) is 6.89. The van der Waals surface area contributed by atoms with Crippen LogP contribution in [0.1, 0.15) is 36.5 Å². The van der Waals surface area contributed by atoms with E-state index in [9.17, 15) is 4.79 Å². The van der Waals surface area contributed by atoms with Crippen LogP contribution in [0, 0.1) is 0 Å². The third-order valence-electron chi connectivity index (χ3n) is 3.51. The molecule has 4 nitrogen and oxygen atoms in total. The summed E-state index contributed by atoms with van der Waals surface area (Å²) in [4.78, 5) is 16.5. The minimum absolute atomic E-state index is 0.108. The second-order valence-corrected chi connectivity index (χ2v) is 6.47. The molecule has 0 spiro atoms. The molecule has 1 aromatic heterocycles. The van der Waals surface area contributed by atoms with Gasteiger partial charge in [0.2, 0.25) is 0 Å². The van der Waals surface area contributed by atoms with Crippen LogP contribution in [0.4, 0.5) is 5.82 Å². The van der Waals surface area contributed by atoms with Crippen molar-refractivity contribution in [3.8, 4) is 0 Å². The highest BCUT2D eigenvalue weighted by Gasteiger charge is 2.26. The number of aromatic nitrogens is 1. The molecular formula is C14H20ClN3OS. The predicted molar refractivity (Wildman–Crippen MR) is 85.8 cm³/mol. The van der Waals surface area contributed by atoms with Gasteiger partial charge in [0.15, 0.2) is 0 Å². The molecule has 0 radical (unpaired) electrons. The van der Waals surface area contributed by atoms with Crippen molar-refractivity contribution in [3.05, 3.63) is 22.8 Å². The third kappa shape index (κ3) is 3.79. The molecule has 20 heavy (non-hydrogen) atoms. The lowest BCUT2D eigenvalue weighted by atomic mass is 10.2. The van der Waals surface area contributed by atoms with E-state index >= 15 is 0 Å². The molecule has 110 valence electrons. The summed E-state index contributed by atoms with van der Waals surface area (Å²) in [5, 5.41) is 7.21. The molecule has 1 fully saturated rings. The van der Waals surface area contributed by atoms with Crippen molar-refractivity contribution in [1.29, 1.82) is 0 Å². The van der Waals surface area contributed by atoms with E-state index in [0.717, 1.165) is 19.4 Å². The zero-order valence-corrected chi connectivity index (χ0v) is 13.4. The number of hydrogen-bond acceptors (Lipinski definition) is 4. The first-order valence-corrected chi connectivity index (χ1v) is 8.53. The molecule has 1 aliphatic carbocycles. The Labute approximate surface area is 129 Å². The minimum atomic E-state index is -0.108. The Morgan fingerprint density at radius 2 is 2.35 bits per heavy atom. The molecule has 1 saturated carbocycles. The second kappa shape index (κ2) is 7.18. The van der Waals surface area contributed by atoms with Gasteiger partial charge in [0.05, 0.1) is 10.6 Å². The van der Waals surface area contributed by atoms with E-state index < -0.39 is 0 Å². The summed E-state index contributed by atoms with van der Waals surface area (Å²) < 4.78 is 0. The van der Waals surface area contributed by atoms with Gasteiger partial charge in [0, 0.05) is 24.0 Å². The Bertz CT molecular complexity index is 483. The van der Waals surface area contributed by atoms with Gasteiger partial charge in [-0.25, -0.2) is 4.98 Å². The maximum atomic E-state index is 12.3. The van der Waals surface area contributed by atoms with Gasteiger partial charge in [0.25, 0.3) is 5.91 Å². The maximum Gasteiger partial charge on any atom is 0.253 e. The van der Waals surface area contributed by atoms with E-state index in [2.05, 4.69) is 21.9 Å². The maximum absolute atomic E-state index is 12.3. The zero-order chi connectivity index (χ0) is 14.5. The molecule has 0 aliphatic heterocycles. The largest absolute Gasteiger partial charge is 0.370 e. The lowest BCUT2D eigenvalue weighted by Crippen LogP contribution is -2.33. The zero-order valence-electron chi connectivity index (χ0n) is 11.8. The van der Waals surface area contributed by atoms with Gasteiger partial charge in [-0.2, -0.15) is 11.8 Å². The normalized spacial score (nSPS) is 21.8. The number of anilines is 1. The number of rotatable bonds is 5. The van der Waals surface area contributed by atoms with Crippen molar-refractivity contribution in [2.45, 2.75) is 37.5 Å². The van der Waals surface area contributed by atoms with E-state index in [1.165, 1.54) is 12.6 Å². The molecule has 2 unspecified atom stereocenters. The van der Waals surface area contributed by atoms with Crippen molar-refractivity contribution in [1.82, 2.24) is 10.3 Å². The molecule has 2 N–H and O–H groups in total. The number of hydrogen-bond donors (Lipinski definition) is 2. The van der Waals surface area contributed by atoms with Crippen molar-refractivity contribution in [2.24, 2.45) is 0 Å². The number of carbonyl (C=O) groups is 1. The number of nitrogens with zero attached hydrogens (tertiary/aromatic N) is 1. The van der Waals surface area contributed by atoms with E-state index in [1.807, 2.05) is 18.7 Å². The quantitative estimate of drug-likeness (QED) is 0.876. The first-order chi connectivity index (χ1) is 9.63. The molecule has 1 aromatic rings. The standard InChI is InChI=1S/C14H20ClN3OS/c1-3-16-13-7-11(12(15)8-17-13)14(19)18-9-4-5-10(6-9)20-2/h7-10H,3-6H2,1-2H3,(H,16,17)(H,18,19). The third-order valence-corrected chi connectivity index (χ3v) is 4.91. The monoisotopic (exact) mass is 313 g/mol. The van der Waals surface area contributed by atoms with Gasteiger partial charge in [-0.1, -0.05) is 11.6 Å². The fraction of sp³-hybridized carbons (Fsp3) is 0.571. The molecular weight excluding hydrogens is 294 g/mol. The summed E-state index contributed by atoms with van der Waals surface area (Å²) in [6, 6.07) is 1.97. The van der Waals surface area contributed by atoms with E-state index in [4.69, 9.17) is 11.6 Å². The van der Waals surface area contributed by atoms with Crippen molar-refractivity contribution >= 4 is 35.1 Å².